The van der Waals surface area contributed by atoms with Crippen molar-refractivity contribution in [3.05, 3.63) is 90.3 Å². The van der Waals surface area contributed by atoms with Gasteiger partial charge in [-0.1, -0.05) is 24.3 Å². The summed E-state index contributed by atoms with van der Waals surface area (Å²) in [5.41, 5.74) is 5.74. The second kappa shape index (κ2) is 9.34. The Bertz CT molecular complexity index is 1510. The zero-order valence-corrected chi connectivity index (χ0v) is 19.6. The van der Waals surface area contributed by atoms with Gasteiger partial charge in [-0.25, -0.2) is 0 Å². The number of rotatable bonds is 6. The van der Waals surface area contributed by atoms with Gasteiger partial charge in [0.15, 0.2) is 17.6 Å². The van der Waals surface area contributed by atoms with Gasteiger partial charge in [-0.15, -0.1) is 10.2 Å². The maximum atomic E-state index is 12.8. The molecule has 0 fully saturated rings. The van der Waals surface area contributed by atoms with Crippen LogP contribution in [0.2, 0.25) is 0 Å². The topological polar surface area (TPSA) is 94.3 Å². The van der Waals surface area contributed by atoms with Gasteiger partial charge >= 0.3 is 0 Å². The fraction of sp³-hybridized carbons (Fsp3) is 0.148. The van der Waals surface area contributed by atoms with Gasteiger partial charge in [-0.3, -0.25) is 9.78 Å². The van der Waals surface area contributed by atoms with Gasteiger partial charge in [0.05, 0.1) is 5.69 Å². The van der Waals surface area contributed by atoms with E-state index in [0.29, 0.717) is 22.9 Å². The van der Waals surface area contributed by atoms with Crippen molar-refractivity contribution in [1.82, 2.24) is 24.8 Å². The van der Waals surface area contributed by atoms with E-state index in [1.54, 1.807) is 23.8 Å². The van der Waals surface area contributed by atoms with Crippen molar-refractivity contribution in [1.29, 1.82) is 0 Å². The Morgan fingerprint density at radius 1 is 0.971 bits per heavy atom. The molecule has 3 heterocycles. The molecule has 3 aromatic heterocycles. The summed E-state index contributed by atoms with van der Waals surface area (Å²) < 4.78 is 7.61. The number of pyridine rings is 1. The largest absolute Gasteiger partial charge is 0.481 e. The van der Waals surface area contributed by atoms with E-state index in [0.717, 1.165) is 27.9 Å². The van der Waals surface area contributed by atoms with E-state index < -0.39 is 6.10 Å². The predicted molar refractivity (Wildman–Crippen MR) is 134 cm³/mol. The number of ether oxygens (including phenoxy) is 1. The summed E-state index contributed by atoms with van der Waals surface area (Å²) in [6.45, 7) is 5.69. The van der Waals surface area contributed by atoms with Crippen LogP contribution >= 0.6 is 0 Å². The molecule has 8 nitrogen and oxygen atoms in total. The Kier molecular flexibility index (Phi) is 5.93. The van der Waals surface area contributed by atoms with Crippen LogP contribution in [-0.4, -0.2) is 36.8 Å². The van der Waals surface area contributed by atoms with Crippen LogP contribution in [0.1, 0.15) is 18.1 Å². The fourth-order valence-corrected chi connectivity index (χ4v) is 3.70. The predicted octanol–water partition coefficient (Wildman–Crippen LogP) is 4.88. The van der Waals surface area contributed by atoms with Gasteiger partial charge in [0.1, 0.15) is 5.75 Å². The zero-order chi connectivity index (χ0) is 24.4. The van der Waals surface area contributed by atoms with E-state index in [1.807, 2.05) is 80.6 Å². The van der Waals surface area contributed by atoms with Crippen molar-refractivity contribution in [3.8, 4) is 28.4 Å². The number of amides is 1. The quantitative estimate of drug-likeness (QED) is 0.385. The lowest BCUT2D eigenvalue weighted by Gasteiger charge is -2.17. The molecule has 0 saturated carbocycles. The number of aromatic nitrogens is 5. The number of carbonyl (C=O) groups excluding carboxylic acids is 1. The average molecular weight is 465 g/mol. The minimum absolute atomic E-state index is 0.232. The first kappa shape index (κ1) is 22.2. The van der Waals surface area contributed by atoms with Gasteiger partial charge < -0.3 is 10.1 Å². The summed E-state index contributed by atoms with van der Waals surface area (Å²) in [6, 6.07) is 21.0. The minimum Gasteiger partial charge on any atom is -0.481 e. The molecule has 1 unspecified atom stereocenters. The molecule has 0 aliphatic heterocycles. The van der Waals surface area contributed by atoms with Crippen LogP contribution in [0.3, 0.4) is 0 Å². The molecule has 0 bridgehead atoms. The molecule has 1 amide bonds. The van der Waals surface area contributed by atoms with Crippen LogP contribution in [0.25, 0.3) is 28.3 Å². The van der Waals surface area contributed by atoms with Crippen LogP contribution in [0.5, 0.6) is 5.75 Å². The van der Waals surface area contributed by atoms with Crippen LogP contribution in [0.15, 0.2) is 79.1 Å². The highest BCUT2D eigenvalue weighted by Crippen LogP contribution is 2.24. The van der Waals surface area contributed by atoms with E-state index >= 15 is 0 Å². The second-order valence-electron chi connectivity index (χ2n) is 8.35. The van der Waals surface area contributed by atoms with E-state index in [2.05, 4.69) is 20.5 Å². The molecule has 0 aliphatic carbocycles. The summed E-state index contributed by atoms with van der Waals surface area (Å²) in [5, 5.41) is 16.1. The number of aryl methyl sites for hydroxylation is 2. The maximum Gasteiger partial charge on any atom is 0.265 e. The molecule has 0 aliphatic rings. The summed E-state index contributed by atoms with van der Waals surface area (Å²) in [5.74, 6) is 1.08. The first-order valence-corrected chi connectivity index (χ1v) is 11.3. The number of nitrogens with one attached hydrogen (secondary N) is 1. The molecule has 2 aromatic carbocycles. The van der Waals surface area contributed by atoms with E-state index in [9.17, 15) is 4.79 Å². The number of anilines is 1. The molecule has 5 rings (SSSR count). The molecular weight excluding hydrogens is 440 g/mol. The maximum absolute atomic E-state index is 12.8. The summed E-state index contributed by atoms with van der Waals surface area (Å²) in [4.78, 5) is 17.0. The zero-order valence-electron chi connectivity index (χ0n) is 19.6. The molecule has 174 valence electrons. The Morgan fingerprint density at radius 2 is 1.83 bits per heavy atom. The third-order valence-corrected chi connectivity index (χ3v) is 5.63. The van der Waals surface area contributed by atoms with Crippen LogP contribution < -0.4 is 10.1 Å². The molecule has 1 atom stereocenters. The summed E-state index contributed by atoms with van der Waals surface area (Å²) in [7, 11) is 0. The molecule has 0 spiro atoms. The van der Waals surface area contributed by atoms with Crippen molar-refractivity contribution in [2.75, 3.05) is 5.32 Å². The third-order valence-electron chi connectivity index (χ3n) is 5.63. The number of hydrogen-bond acceptors (Lipinski definition) is 6. The highest BCUT2D eigenvalue weighted by Gasteiger charge is 2.17. The Labute approximate surface area is 202 Å². The highest BCUT2D eigenvalue weighted by atomic mass is 16.5. The van der Waals surface area contributed by atoms with Crippen LogP contribution in [0, 0.1) is 13.8 Å². The Hall–Kier alpha value is -4.59. The third kappa shape index (κ3) is 4.72. The first-order chi connectivity index (χ1) is 17.0. The van der Waals surface area contributed by atoms with Crippen molar-refractivity contribution in [3.63, 3.8) is 0 Å². The highest BCUT2D eigenvalue weighted by molar-refractivity contribution is 5.94. The number of hydrogen-bond donors (Lipinski definition) is 1. The van der Waals surface area contributed by atoms with Crippen LogP contribution in [0.4, 0.5) is 5.69 Å². The number of benzene rings is 2. The van der Waals surface area contributed by atoms with Gasteiger partial charge in [0, 0.05) is 29.2 Å². The average Bonchev–Trinajstić information content (AvgIpc) is 3.30. The molecule has 8 heteroatoms. The number of nitrogens with zero attached hydrogens (tertiary/aromatic N) is 5. The van der Waals surface area contributed by atoms with Gasteiger partial charge in [0.2, 0.25) is 0 Å². The SMILES string of the molecule is Cc1ccc(C)c(OC(C)C(=O)Nc2cccc(-c3ccc4nnc(-c5cccnc5)n4n3)c2)c1. The van der Waals surface area contributed by atoms with Crippen molar-refractivity contribution >= 4 is 17.2 Å². The summed E-state index contributed by atoms with van der Waals surface area (Å²) in [6.07, 6.45) is 2.77. The molecule has 1 N–H and O–H groups in total. The summed E-state index contributed by atoms with van der Waals surface area (Å²) >= 11 is 0. The second-order valence-corrected chi connectivity index (χ2v) is 8.35. The van der Waals surface area contributed by atoms with Gasteiger partial charge in [-0.2, -0.15) is 9.61 Å². The van der Waals surface area contributed by atoms with Crippen molar-refractivity contribution in [2.45, 2.75) is 26.9 Å². The molecule has 5 aromatic rings. The Balaban J connectivity index is 1.37. The van der Waals surface area contributed by atoms with Crippen LogP contribution in [-0.2, 0) is 4.79 Å². The monoisotopic (exact) mass is 464 g/mol. The lowest BCUT2D eigenvalue weighted by Crippen LogP contribution is -2.30. The fourth-order valence-electron chi connectivity index (χ4n) is 3.70. The van der Waals surface area contributed by atoms with E-state index in [-0.39, 0.29) is 5.91 Å². The molecule has 35 heavy (non-hydrogen) atoms. The van der Waals surface area contributed by atoms with E-state index in [4.69, 9.17) is 9.84 Å². The standard InChI is InChI=1S/C27H24N6O2/c1-17-9-10-18(2)24(14-17)35-19(3)27(34)29-22-8-4-6-20(15-22)23-11-12-25-30-31-26(33(25)32-23)21-7-5-13-28-16-21/h4-16,19H,1-3H3,(H,29,34). The number of fused-ring (bicyclic) bond motifs is 1. The van der Waals surface area contributed by atoms with Crippen molar-refractivity contribution < 1.29 is 9.53 Å². The lowest BCUT2D eigenvalue weighted by molar-refractivity contribution is -0.122. The first-order valence-electron chi connectivity index (χ1n) is 11.3. The van der Waals surface area contributed by atoms with Crippen molar-refractivity contribution in [2.24, 2.45) is 0 Å². The molecule has 0 radical (unpaired) electrons. The van der Waals surface area contributed by atoms with Gasteiger partial charge in [-0.05, 0) is 74.4 Å². The molecular formula is C27H24N6O2. The Morgan fingerprint density at radius 3 is 2.66 bits per heavy atom. The minimum atomic E-state index is -0.660. The smallest absolute Gasteiger partial charge is 0.265 e. The normalized spacial score (nSPS) is 11.9. The van der Waals surface area contributed by atoms with E-state index in [1.165, 1.54) is 0 Å². The number of carbonyl (C=O) groups is 1. The lowest BCUT2D eigenvalue weighted by atomic mass is 10.1. The molecule has 0 saturated heterocycles. The van der Waals surface area contributed by atoms with Gasteiger partial charge in [0.25, 0.3) is 5.91 Å².